The maximum Gasteiger partial charge on any atom is 0.119 e. The Morgan fingerprint density at radius 2 is 1.89 bits per heavy atom. The van der Waals surface area contributed by atoms with Crippen molar-refractivity contribution >= 4 is 21.9 Å². The van der Waals surface area contributed by atoms with Gasteiger partial charge in [-0.1, -0.05) is 40.2 Å². The largest absolute Gasteiger partial charge is 0.545 e. The van der Waals surface area contributed by atoms with Gasteiger partial charge in [-0.15, -0.1) is 0 Å². The molecule has 0 fully saturated rings. The van der Waals surface area contributed by atoms with Crippen LogP contribution in [0.1, 0.15) is 15.9 Å². The molecule has 0 aliphatic heterocycles. The predicted octanol–water partition coefficient (Wildman–Crippen LogP) is 2.39. The van der Waals surface area contributed by atoms with Crippen molar-refractivity contribution in [3.05, 3.63) is 64.1 Å². The Bertz CT molecular complexity index is 552. The molecule has 3 nitrogen and oxygen atoms in total. The second kappa shape index (κ2) is 5.69. The number of carbonyl (C=O) groups excluding carboxylic acids is 1. The summed E-state index contributed by atoms with van der Waals surface area (Å²) in [5.41, 5.74) is 0.724. The normalized spacial score (nSPS) is 10.1. The van der Waals surface area contributed by atoms with Crippen molar-refractivity contribution in [3.63, 3.8) is 0 Å². The molecule has 0 amide bonds. The summed E-state index contributed by atoms with van der Waals surface area (Å²) in [7, 11) is 0. The highest BCUT2D eigenvalue weighted by Crippen LogP contribution is 2.18. The van der Waals surface area contributed by atoms with Crippen LogP contribution < -0.4 is 9.84 Å². The average molecular weight is 306 g/mol. The molecule has 0 bridgehead atoms. The molecule has 0 saturated heterocycles. The Morgan fingerprint density at radius 3 is 2.56 bits per heavy atom. The molecule has 0 N–H and O–H groups in total. The van der Waals surface area contributed by atoms with Crippen molar-refractivity contribution in [2.24, 2.45) is 0 Å². The molecule has 2 rings (SSSR count). The summed E-state index contributed by atoms with van der Waals surface area (Å²) in [5, 5.41) is 11.0. The molecule has 0 aliphatic rings. The zero-order valence-corrected chi connectivity index (χ0v) is 11.0. The summed E-state index contributed by atoms with van der Waals surface area (Å²) in [6, 6.07) is 14.2. The number of hydrogen-bond acceptors (Lipinski definition) is 3. The van der Waals surface area contributed by atoms with Crippen LogP contribution in [0.25, 0.3) is 0 Å². The number of halogens is 1. The van der Waals surface area contributed by atoms with E-state index >= 15 is 0 Å². The van der Waals surface area contributed by atoms with Gasteiger partial charge in [-0.05, 0) is 29.8 Å². The van der Waals surface area contributed by atoms with Crippen LogP contribution in [0.5, 0.6) is 5.75 Å². The Morgan fingerprint density at radius 1 is 1.17 bits per heavy atom. The van der Waals surface area contributed by atoms with Crippen molar-refractivity contribution in [2.75, 3.05) is 0 Å². The molecule has 2 aromatic carbocycles. The zero-order valence-electron chi connectivity index (χ0n) is 9.43. The first-order valence-corrected chi connectivity index (χ1v) is 6.14. The molecule has 0 radical (unpaired) electrons. The van der Waals surface area contributed by atoms with Gasteiger partial charge in [-0.2, -0.15) is 0 Å². The fourth-order valence-corrected chi connectivity index (χ4v) is 1.90. The lowest BCUT2D eigenvalue weighted by atomic mass is 10.1. The molecular weight excluding hydrogens is 296 g/mol. The molecule has 0 aliphatic carbocycles. The predicted molar refractivity (Wildman–Crippen MR) is 69.2 cm³/mol. The number of ether oxygens (including phenoxy) is 1. The van der Waals surface area contributed by atoms with Gasteiger partial charge in [0.15, 0.2) is 0 Å². The third kappa shape index (κ3) is 3.11. The second-order valence-corrected chi connectivity index (χ2v) is 4.61. The summed E-state index contributed by atoms with van der Waals surface area (Å²) in [6.07, 6.45) is 0. The standard InChI is InChI=1S/C14H11BrO3/c15-11-7-6-10(13(8-11)14(16)17)9-18-12-4-2-1-3-5-12/h1-8H,9H2,(H,16,17)/p-1. The molecule has 0 heterocycles. The van der Waals surface area contributed by atoms with Crippen molar-refractivity contribution in [1.29, 1.82) is 0 Å². The van der Waals surface area contributed by atoms with Crippen molar-refractivity contribution in [3.8, 4) is 5.75 Å². The highest BCUT2D eigenvalue weighted by molar-refractivity contribution is 9.10. The third-order valence-electron chi connectivity index (χ3n) is 2.43. The number of benzene rings is 2. The van der Waals surface area contributed by atoms with Gasteiger partial charge in [0.05, 0.1) is 5.97 Å². The van der Waals surface area contributed by atoms with Crippen LogP contribution in [0.4, 0.5) is 0 Å². The third-order valence-corrected chi connectivity index (χ3v) is 2.92. The van der Waals surface area contributed by atoms with E-state index in [4.69, 9.17) is 4.74 Å². The van der Waals surface area contributed by atoms with E-state index in [1.165, 1.54) is 6.07 Å². The number of rotatable bonds is 4. The van der Waals surface area contributed by atoms with Crippen molar-refractivity contribution in [2.45, 2.75) is 6.61 Å². The second-order valence-electron chi connectivity index (χ2n) is 3.69. The maximum absolute atomic E-state index is 11.0. The topological polar surface area (TPSA) is 49.4 Å². The van der Waals surface area contributed by atoms with Crippen LogP contribution in [0.3, 0.4) is 0 Å². The summed E-state index contributed by atoms with van der Waals surface area (Å²) in [6.45, 7) is 0.195. The molecule has 0 aromatic heterocycles. The molecule has 0 unspecified atom stereocenters. The van der Waals surface area contributed by atoms with Crippen LogP contribution in [0, 0.1) is 0 Å². The smallest absolute Gasteiger partial charge is 0.119 e. The molecule has 0 spiro atoms. The van der Waals surface area contributed by atoms with E-state index in [1.807, 2.05) is 30.3 Å². The van der Waals surface area contributed by atoms with Gasteiger partial charge in [0.2, 0.25) is 0 Å². The Kier molecular flexibility index (Phi) is 3.99. The fourth-order valence-electron chi connectivity index (χ4n) is 1.54. The first-order valence-electron chi connectivity index (χ1n) is 5.34. The van der Waals surface area contributed by atoms with Gasteiger partial charge in [-0.3, -0.25) is 0 Å². The summed E-state index contributed by atoms with van der Waals surface area (Å²) in [4.78, 5) is 11.0. The molecule has 18 heavy (non-hydrogen) atoms. The van der Waals surface area contributed by atoms with E-state index in [-0.39, 0.29) is 12.2 Å². The molecule has 0 saturated carbocycles. The monoisotopic (exact) mass is 305 g/mol. The minimum Gasteiger partial charge on any atom is -0.545 e. The lowest BCUT2D eigenvalue weighted by Gasteiger charge is -2.12. The summed E-state index contributed by atoms with van der Waals surface area (Å²) in [5.74, 6) is -0.507. The van der Waals surface area contributed by atoms with Gasteiger partial charge in [0.1, 0.15) is 12.4 Å². The number of carboxylic acids is 1. The van der Waals surface area contributed by atoms with E-state index in [9.17, 15) is 9.90 Å². The first-order chi connectivity index (χ1) is 8.66. The Labute approximate surface area is 113 Å². The Hall–Kier alpha value is -1.81. The van der Waals surface area contributed by atoms with E-state index in [0.717, 1.165) is 0 Å². The number of aromatic carboxylic acids is 1. The van der Waals surface area contributed by atoms with Crippen LogP contribution in [-0.4, -0.2) is 5.97 Å². The highest BCUT2D eigenvalue weighted by atomic mass is 79.9. The molecular formula is C14H10BrO3-. The van der Waals surface area contributed by atoms with E-state index in [2.05, 4.69) is 15.9 Å². The first kappa shape index (κ1) is 12.6. The minimum atomic E-state index is -1.21. The molecule has 4 heteroatoms. The van der Waals surface area contributed by atoms with Gasteiger partial charge >= 0.3 is 0 Å². The van der Waals surface area contributed by atoms with E-state index in [1.54, 1.807) is 12.1 Å². The van der Waals surface area contributed by atoms with Crippen LogP contribution in [0.15, 0.2) is 53.0 Å². The number of carbonyl (C=O) groups is 1. The Balaban J connectivity index is 2.17. The number of carboxylic acid groups (broad SMARTS) is 1. The molecule has 92 valence electrons. The number of hydrogen-bond donors (Lipinski definition) is 0. The summed E-state index contributed by atoms with van der Waals surface area (Å²) >= 11 is 3.23. The maximum atomic E-state index is 11.0. The van der Waals surface area contributed by atoms with E-state index < -0.39 is 5.97 Å². The van der Waals surface area contributed by atoms with Crippen LogP contribution in [-0.2, 0) is 6.61 Å². The van der Waals surface area contributed by atoms with Gasteiger partial charge in [0.25, 0.3) is 0 Å². The van der Waals surface area contributed by atoms with Gasteiger partial charge in [-0.25, -0.2) is 0 Å². The quantitative estimate of drug-likeness (QED) is 0.871. The van der Waals surface area contributed by atoms with Crippen molar-refractivity contribution in [1.82, 2.24) is 0 Å². The van der Waals surface area contributed by atoms with Gasteiger partial charge in [0, 0.05) is 10.0 Å². The fraction of sp³-hybridized carbons (Fsp3) is 0.0714. The average Bonchev–Trinajstić information content (AvgIpc) is 2.38. The SMILES string of the molecule is O=C([O-])c1cc(Br)ccc1COc1ccccc1. The summed E-state index contributed by atoms with van der Waals surface area (Å²) < 4.78 is 6.22. The minimum absolute atomic E-state index is 0.139. The number of para-hydroxylation sites is 1. The lowest BCUT2D eigenvalue weighted by Crippen LogP contribution is -2.24. The van der Waals surface area contributed by atoms with Crippen LogP contribution in [0.2, 0.25) is 0 Å². The van der Waals surface area contributed by atoms with Gasteiger partial charge < -0.3 is 14.6 Å². The van der Waals surface area contributed by atoms with Crippen molar-refractivity contribution < 1.29 is 14.6 Å². The molecule has 0 atom stereocenters. The van der Waals surface area contributed by atoms with Crippen LogP contribution >= 0.6 is 15.9 Å². The molecule has 2 aromatic rings. The highest BCUT2D eigenvalue weighted by Gasteiger charge is 2.05. The van der Waals surface area contributed by atoms with E-state index in [0.29, 0.717) is 15.8 Å². The lowest BCUT2D eigenvalue weighted by molar-refractivity contribution is -0.255. The zero-order chi connectivity index (χ0) is 13.0.